The third-order valence-electron chi connectivity index (χ3n) is 8.63. The van der Waals surface area contributed by atoms with E-state index in [4.69, 9.17) is 0 Å². The zero-order chi connectivity index (χ0) is 26.6. The molecule has 7 aromatic rings. The van der Waals surface area contributed by atoms with Gasteiger partial charge in [-0.3, -0.25) is 0 Å². The Hall–Kier alpha value is -4.94. The molecule has 1 aliphatic rings. The van der Waals surface area contributed by atoms with Crippen LogP contribution in [0.15, 0.2) is 145 Å². The molecule has 0 nitrogen and oxygen atoms in total. The predicted molar refractivity (Wildman–Crippen MR) is 172 cm³/mol. The van der Waals surface area contributed by atoms with E-state index in [2.05, 4.69) is 153 Å². The van der Waals surface area contributed by atoms with Crippen LogP contribution in [0.1, 0.15) is 29.5 Å². The molecule has 0 saturated heterocycles. The number of rotatable bonds is 3. The Balaban J connectivity index is 1.38. The van der Waals surface area contributed by atoms with Gasteiger partial charge in [0.25, 0.3) is 0 Å². The van der Waals surface area contributed by atoms with Crippen LogP contribution in [-0.4, -0.2) is 0 Å². The third kappa shape index (κ3) is 3.53. The van der Waals surface area contributed by atoms with Gasteiger partial charge in [-0.1, -0.05) is 139 Å². The van der Waals surface area contributed by atoms with Gasteiger partial charge in [0.1, 0.15) is 0 Å². The van der Waals surface area contributed by atoms with E-state index in [0.717, 1.165) is 0 Å². The molecule has 0 heteroatoms. The summed E-state index contributed by atoms with van der Waals surface area (Å²) >= 11 is 0. The lowest BCUT2D eigenvalue weighted by molar-refractivity contribution is 0.977. The molecule has 0 spiro atoms. The van der Waals surface area contributed by atoms with E-state index in [1.54, 1.807) is 0 Å². The van der Waals surface area contributed by atoms with Gasteiger partial charge in [0.2, 0.25) is 0 Å². The molecular weight excluding hydrogens is 480 g/mol. The van der Waals surface area contributed by atoms with Gasteiger partial charge in [-0.15, -0.1) is 0 Å². The van der Waals surface area contributed by atoms with Crippen LogP contribution in [0, 0.1) is 0 Å². The fourth-order valence-electron chi connectivity index (χ4n) is 6.88. The second-order valence-electron chi connectivity index (χ2n) is 11.0. The molecule has 8 rings (SSSR count). The van der Waals surface area contributed by atoms with Crippen molar-refractivity contribution in [2.45, 2.75) is 12.8 Å². The third-order valence-corrected chi connectivity index (χ3v) is 8.63. The highest BCUT2D eigenvalue weighted by molar-refractivity contribution is 6.21. The lowest BCUT2D eigenvalue weighted by atomic mass is 9.84. The summed E-state index contributed by atoms with van der Waals surface area (Å²) in [7, 11) is 0. The number of allylic oxidation sites excluding steroid dienone is 1. The van der Waals surface area contributed by atoms with E-state index in [9.17, 15) is 0 Å². The standard InChI is InChI=1S/C40H28/c1-26-23-32-25-31(21-22-33(32)38(26)28-12-3-2-4-13-28)40-36-17-9-7-15-34(36)39(35-16-8-10-18-37(35)40)30-20-19-27-11-5-6-14-29(27)24-30/h2-25,38H,1H3. The lowest BCUT2D eigenvalue weighted by Crippen LogP contribution is -1.99. The van der Waals surface area contributed by atoms with Gasteiger partial charge in [-0.05, 0) is 90.3 Å². The van der Waals surface area contributed by atoms with E-state index in [1.165, 1.54) is 76.8 Å². The number of fused-ring (bicyclic) bond motifs is 4. The van der Waals surface area contributed by atoms with E-state index >= 15 is 0 Å². The summed E-state index contributed by atoms with van der Waals surface area (Å²) in [5.41, 5.74) is 10.6. The monoisotopic (exact) mass is 508 g/mol. The van der Waals surface area contributed by atoms with Gasteiger partial charge in [0.15, 0.2) is 0 Å². The van der Waals surface area contributed by atoms with E-state index in [0.29, 0.717) is 5.92 Å². The average molecular weight is 509 g/mol. The first-order valence-electron chi connectivity index (χ1n) is 14.1. The van der Waals surface area contributed by atoms with Gasteiger partial charge >= 0.3 is 0 Å². The van der Waals surface area contributed by atoms with Crippen molar-refractivity contribution in [3.8, 4) is 22.3 Å². The summed E-state index contributed by atoms with van der Waals surface area (Å²) in [6.45, 7) is 2.26. The van der Waals surface area contributed by atoms with Crippen LogP contribution in [0.5, 0.6) is 0 Å². The molecule has 0 heterocycles. The number of hydrogen-bond acceptors (Lipinski definition) is 0. The first kappa shape index (κ1) is 23.0. The summed E-state index contributed by atoms with van der Waals surface area (Å²) in [4.78, 5) is 0. The van der Waals surface area contributed by atoms with Crippen molar-refractivity contribution in [3.05, 3.63) is 162 Å². The van der Waals surface area contributed by atoms with E-state index < -0.39 is 0 Å². The second-order valence-corrected chi connectivity index (χ2v) is 11.0. The maximum Gasteiger partial charge on any atom is 0.0305 e. The first-order valence-corrected chi connectivity index (χ1v) is 14.1. The minimum atomic E-state index is 0.328. The Morgan fingerprint density at radius 2 is 0.975 bits per heavy atom. The largest absolute Gasteiger partial charge is 0.0622 e. The van der Waals surface area contributed by atoms with E-state index in [1.807, 2.05) is 0 Å². The Morgan fingerprint density at radius 3 is 1.62 bits per heavy atom. The Bertz CT molecular complexity index is 2050. The highest BCUT2D eigenvalue weighted by Gasteiger charge is 2.25. The maximum absolute atomic E-state index is 2.41. The van der Waals surface area contributed by atoms with Crippen LogP contribution in [0.2, 0.25) is 0 Å². The Labute approximate surface area is 234 Å². The van der Waals surface area contributed by atoms with Gasteiger partial charge in [-0.2, -0.15) is 0 Å². The molecule has 1 atom stereocenters. The predicted octanol–water partition coefficient (Wildman–Crippen LogP) is 11.0. The molecule has 0 N–H and O–H groups in total. The normalized spacial score (nSPS) is 14.5. The Kier molecular flexibility index (Phi) is 5.21. The molecule has 188 valence electrons. The smallest absolute Gasteiger partial charge is 0.0305 e. The second kappa shape index (κ2) is 9.07. The highest BCUT2D eigenvalue weighted by atomic mass is 14.3. The molecule has 0 amide bonds. The molecule has 1 aliphatic carbocycles. The van der Waals surface area contributed by atoms with Gasteiger partial charge < -0.3 is 0 Å². The minimum Gasteiger partial charge on any atom is -0.0622 e. The van der Waals surface area contributed by atoms with Crippen molar-refractivity contribution in [3.63, 3.8) is 0 Å². The van der Waals surface area contributed by atoms with Crippen molar-refractivity contribution in [1.82, 2.24) is 0 Å². The van der Waals surface area contributed by atoms with Crippen LogP contribution in [0.25, 0.3) is 60.6 Å². The molecule has 0 saturated carbocycles. The summed E-state index contributed by atoms with van der Waals surface area (Å²) in [5.74, 6) is 0.328. The first-order chi connectivity index (χ1) is 19.8. The summed E-state index contributed by atoms with van der Waals surface area (Å²) < 4.78 is 0. The SMILES string of the molecule is CC1=Cc2cc(-c3c4ccccc4c(-c4ccc5ccccc5c4)c4ccccc34)ccc2C1c1ccccc1. The zero-order valence-corrected chi connectivity index (χ0v) is 22.4. The topological polar surface area (TPSA) is 0 Å². The van der Waals surface area contributed by atoms with Gasteiger partial charge in [0, 0.05) is 5.92 Å². The van der Waals surface area contributed by atoms with Crippen LogP contribution in [-0.2, 0) is 0 Å². The molecule has 40 heavy (non-hydrogen) atoms. The summed E-state index contributed by atoms with van der Waals surface area (Å²) in [6, 6.07) is 51.3. The molecule has 0 bridgehead atoms. The van der Waals surface area contributed by atoms with Crippen molar-refractivity contribution < 1.29 is 0 Å². The van der Waals surface area contributed by atoms with Crippen LogP contribution in [0.4, 0.5) is 0 Å². The Morgan fingerprint density at radius 1 is 0.450 bits per heavy atom. The summed E-state index contributed by atoms with van der Waals surface area (Å²) in [5, 5.41) is 7.71. The number of benzene rings is 7. The average Bonchev–Trinajstić information content (AvgIpc) is 3.34. The highest BCUT2D eigenvalue weighted by Crippen LogP contribution is 2.46. The van der Waals surface area contributed by atoms with Crippen LogP contribution >= 0.6 is 0 Å². The molecular formula is C40H28. The van der Waals surface area contributed by atoms with Crippen LogP contribution in [0.3, 0.4) is 0 Å². The van der Waals surface area contributed by atoms with Crippen molar-refractivity contribution in [2.24, 2.45) is 0 Å². The van der Waals surface area contributed by atoms with Gasteiger partial charge in [-0.25, -0.2) is 0 Å². The fourth-order valence-corrected chi connectivity index (χ4v) is 6.88. The van der Waals surface area contributed by atoms with Crippen molar-refractivity contribution in [2.75, 3.05) is 0 Å². The lowest BCUT2D eigenvalue weighted by Gasteiger charge is -2.19. The molecule has 0 fully saturated rings. The summed E-state index contributed by atoms with van der Waals surface area (Å²) in [6.07, 6.45) is 2.38. The molecule has 7 aromatic carbocycles. The molecule has 0 aliphatic heterocycles. The molecule has 1 unspecified atom stereocenters. The minimum absolute atomic E-state index is 0.328. The number of hydrogen-bond donors (Lipinski definition) is 0. The van der Waals surface area contributed by atoms with Crippen LogP contribution < -0.4 is 0 Å². The van der Waals surface area contributed by atoms with Gasteiger partial charge in [0.05, 0.1) is 0 Å². The molecule has 0 aromatic heterocycles. The fraction of sp³-hybridized carbons (Fsp3) is 0.0500. The van der Waals surface area contributed by atoms with E-state index in [-0.39, 0.29) is 0 Å². The zero-order valence-electron chi connectivity index (χ0n) is 22.4. The van der Waals surface area contributed by atoms with Crippen molar-refractivity contribution >= 4 is 38.4 Å². The quantitative estimate of drug-likeness (QED) is 0.208. The maximum atomic E-state index is 2.41. The molecule has 0 radical (unpaired) electrons. The van der Waals surface area contributed by atoms with Crippen molar-refractivity contribution in [1.29, 1.82) is 0 Å².